The third-order valence-electron chi connectivity index (χ3n) is 6.96. The van der Waals surface area contributed by atoms with Crippen molar-refractivity contribution in [3.63, 3.8) is 0 Å². The average Bonchev–Trinajstić information content (AvgIpc) is 3.38. The maximum atomic E-state index is 6.01. The first-order valence-electron chi connectivity index (χ1n) is 12.7. The molecule has 0 fully saturated rings. The average molecular weight is 489 g/mol. The van der Waals surface area contributed by atoms with Gasteiger partial charge < -0.3 is 9.32 Å². The molecule has 180 valence electrons. The Balaban J connectivity index is 1.30. The van der Waals surface area contributed by atoms with Crippen molar-refractivity contribution in [2.45, 2.75) is 0 Å². The van der Waals surface area contributed by atoms with Crippen LogP contribution in [0.25, 0.3) is 44.3 Å². The van der Waals surface area contributed by atoms with E-state index in [0.29, 0.717) is 5.71 Å². The van der Waals surface area contributed by atoms with Gasteiger partial charge >= 0.3 is 0 Å². The monoisotopic (exact) mass is 488 g/mol. The van der Waals surface area contributed by atoms with Gasteiger partial charge in [-0.2, -0.15) is 0 Å². The lowest BCUT2D eigenvalue weighted by Gasteiger charge is -2.26. The molecule has 0 saturated carbocycles. The highest BCUT2D eigenvalue weighted by atomic mass is 16.3. The summed E-state index contributed by atoms with van der Waals surface area (Å²) in [6.07, 6.45) is 1.82. The van der Waals surface area contributed by atoms with Crippen molar-refractivity contribution in [1.29, 1.82) is 0 Å². The van der Waals surface area contributed by atoms with Crippen LogP contribution in [0.1, 0.15) is 0 Å². The topological polar surface area (TPSA) is 29.3 Å². The summed E-state index contributed by atoms with van der Waals surface area (Å²) in [5.41, 5.74) is 9.48. The summed E-state index contributed by atoms with van der Waals surface area (Å²) in [6, 6.07) is 48.6. The van der Waals surface area contributed by atoms with Gasteiger partial charge in [0.05, 0.1) is 5.39 Å². The third kappa shape index (κ3) is 3.91. The summed E-state index contributed by atoms with van der Waals surface area (Å²) in [5.74, 6) is 0. The number of pyridine rings is 1. The van der Waals surface area contributed by atoms with Crippen LogP contribution in [0.3, 0.4) is 0 Å². The Labute approximate surface area is 221 Å². The standard InChI is InChI=1S/C35H24N2O/c1-3-9-25(10-4-1)26-15-19-29(20-16-26)37(28-11-5-2-6-12-28)30-21-17-27(18-22-30)31-23-24-36-35-34(31)32-13-7-8-14-33(32)38-35/h1-24H. The van der Waals surface area contributed by atoms with Crippen LogP contribution < -0.4 is 4.90 Å². The molecular formula is C35H24N2O. The fourth-order valence-corrected chi connectivity index (χ4v) is 5.14. The second kappa shape index (κ2) is 9.38. The Morgan fingerprint density at radius 2 is 1.03 bits per heavy atom. The fraction of sp³-hybridized carbons (Fsp3) is 0. The third-order valence-corrected chi connectivity index (χ3v) is 6.96. The van der Waals surface area contributed by atoms with E-state index in [2.05, 4.69) is 119 Å². The molecule has 2 heterocycles. The number of benzene rings is 5. The Bertz CT molecular complexity index is 1840. The molecule has 0 spiro atoms. The van der Waals surface area contributed by atoms with Gasteiger partial charge in [0, 0.05) is 28.6 Å². The summed E-state index contributed by atoms with van der Waals surface area (Å²) >= 11 is 0. The van der Waals surface area contributed by atoms with Crippen molar-refractivity contribution < 1.29 is 4.42 Å². The minimum atomic E-state index is 0.664. The summed E-state index contributed by atoms with van der Waals surface area (Å²) in [7, 11) is 0. The first-order chi connectivity index (χ1) is 18.8. The molecule has 0 amide bonds. The minimum absolute atomic E-state index is 0.664. The SMILES string of the molecule is c1ccc(-c2ccc(N(c3ccccc3)c3ccc(-c4ccnc5oc6ccccc6c45)cc3)cc2)cc1. The summed E-state index contributed by atoms with van der Waals surface area (Å²) in [4.78, 5) is 6.77. The minimum Gasteiger partial charge on any atom is -0.438 e. The molecule has 2 aromatic heterocycles. The van der Waals surface area contributed by atoms with Crippen molar-refractivity contribution in [1.82, 2.24) is 4.98 Å². The largest absolute Gasteiger partial charge is 0.438 e. The predicted molar refractivity (Wildman–Crippen MR) is 157 cm³/mol. The van der Waals surface area contributed by atoms with Crippen molar-refractivity contribution >= 4 is 39.1 Å². The molecule has 5 aromatic carbocycles. The Kier molecular flexibility index (Phi) is 5.45. The molecule has 0 atom stereocenters. The highest BCUT2D eigenvalue weighted by molar-refractivity contribution is 6.11. The number of aromatic nitrogens is 1. The molecule has 3 heteroatoms. The highest BCUT2D eigenvalue weighted by Crippen LogP contribution is 2.39. The number of furan rings is 1. The van der Waals surface area contributed by atoms with Crippen molar-refractivity contribution in [3.05, 3.63) is 146 Å². The van der Waals surface area contributed by atoms with Crippen LogP contribution in [0, 0.1) is 0 Å². The van der Waals surface area contributed by atoms with Gasteiger partial charge in [0.1, 0.15) is 5.58 Å². The zero-order valence-electron chi connectivity index (χ0n) is 20.7. The maximum absolute atomic E-state index is 6.01. The number of fused-ring (bicyclic) bond motifs is 3. The van der Waals surface area contributed by atoms with E-state index in [1.807, 2.05) is 36.5 Å². The summed E-state index contributed by atoms with van der Waals surface area (Å²) in [6.45, 7) is 0. The zero-order valence-corrected chi connectivity index (χ0v) is 20.7. The van der Waals surface area contributed by atoms with Crippen LogP contribution in [-0.4, -0.2) is 4.98 Å². The van der Waals surface area contributed by atoms with E-state index in [4.69, 9.17) is 4.42 Å². The number of hydrogen-bond donors (Lipinski definition) is 0. The van der Waals surface area contributed by atoms with Gasteiger partial charge in [0.2, 0.25) is 5.71 Å². The van der Waals surface area contributed by atoms with Crippen LogP contribution in [0.4, 0.5) is 17.1 Å². The first kappa shape index (κ1) is 22.1. The van der Waals surface area contributed by atoms with Gasteiger partial charge in [-0.15, -0.1) is 0 Å². The van der Waals surface area contributed by atoms with E-state index in [1.165, 1.54) is 11.1 Å². The fourth-order valence-electron chi connectivity index (χ4n) is 5.14. The van der Waals surface area contributed by atoms with Gasteiger partial charge in [0.25, 0.3) is 0 Å². The molecule has 0 aliphatic rings. The van der Waals surface area contributed by atoms with E-state index in [-0.39, 0.29) is 0 Å². The Hall–Kier alpha value is -5.15. The van der Waals surface area contributed by atoms with Crippen molar-refractivity contribution in [2.75, 3.05) is 4.90 Å². The van der Waals surface area contributed by atoms with Crippen LogP contribution in [0.5, 0.6) is 0 Å². The molecule has 0 bridgehead atoms. The Morgan fingerprint density at radius 3 is 1.74 bits per heavy atom. The van der Waals surface area contributed by atoms with E-state index in [9.17, 15) is 0 Å². The molecule has 0 N–H and O–H groups in total. The van der Waals surface area contributed by atoms with Gasteiger partial charge in [0.15, 0.2) is 0 Å². The maximum Gasteiger partial charge on any atom is 0.227 e. The molecule has 0 aliphatic carbocycles. The summed E-state index contributed by atoms with van der Waals surface area (Å²) < 4.78 is 6.01. The molecule has 7 aromatic rings. The van der Waals surface area contributed by atoms with Gasteiger partial charge in [-0.3, -0.25) is 0 Å². The Morgan fingerprint density at radius 1 is 0.474 bits per heavy atom. The van der Waals surface area contributed by atoms with Crippen LogP contribution in [0.2, 0.25) is 0 Å². The van der Waals surface area contributed by atoms with Crippen LogP contribution in [0.15, 0.2) is 150 Å². The van der Waals surface area contributed by atoms with Crippen LogP contribution >= 0.6 is 0 Å². The normalized spacial score (nSPS) is 11.2. The number of hydrogen-bond acceptors (Lipinski definition) is 3. The number of anilines is 3. The first-order valence-corrected chi connectivity index (χ1v) is 12.7. The second-order valence-corrected chi connectivity index (χ2v) is 9.27. The molecule has 38 heavy (non-hydrogen) atoms. The second-order valence-electron chi connectivity index (χ2n) is 9.27. The lowest BCUT2D eigenvalue weighted by Crippen LogP contribution is -2.09. The van der Waals surface area contributed by atoms with E-state index in [0.717, 1.165) is 44.5 Å². The van der Waals surface area contributed by atoms with Crippen molar-refractivity contribution in [3.8, 4) is 22.3 Å². The molecule has 0 unspecified atom stereocenters. The van der Waals surface area contributed by atoms with Gasteiger partial charge in [-0.25, -0.2) is 4.98 Å². The number of para-hydroxylation sites is 2. The predicted octanol–water partition coefficient (Wildman–Crippen LogP) is 9.78. The van der Waals surface area contributed by atoms with Gasteiger partial charge in [-0.05, 0) is 70.8 Å². The van der Waals surface area contributed by atoms with Crippen molar-refractivity contribution in [2.24, 2.45) is 0 Å². The molecule has 3 nitrogen and oxygen atoms in total. The van der Waals surface area contributed by atoms with E-state index in [1.54, 1.807) is 0 Å². The number of nitrogens with zero attached hydrogens (tertiary/aromatic N) is 2. The lowest BCUT2D eigenvalue weighted by atomic mass is 10.0. The molecule has 0 aliphatic heterocycles. The molecule has 0 saturated heterocycles. The number of rotatable bonds is 5. The summed E-state index contributed by atoms with van der Waals surface area (Å²) in [5, 5.41) is 2.13. The van der Waals surface area contributed by atoms with E-state index >= 15 is 0 Å². The molecule has 0 radical (unpaired) electrons. The zero-order chi connectivity index (χ0) is 25.3. The smallest absolute Gasteiger partial charge is 0.227 e. The molecule has 7 rings (SSSR count). The van der Waals surface area contributed by atoms with E-state index < -0.39 is 0 Å². The van der Waals surface area contributed by atoms with Gasteiger partial charge in [-0.1, -0.05) is 91.0 Å². The molecular weight excluding hydrogens is 464 g/mol. The lowest BCUT2D eigenvalue weighted by molar-refractivity contribution is 0.654. The quantitative estimate of drug-likeness (QED) is 0.241. The van der Waals surface area contributed by atoms with Crippen LogP contribution in [-0.2, 0) is 0 Å². The highest BCUT2D eigenvalue weighted by Gasteiger charge is 2.15.